The molecule has 0 heterocycles. The van der Waals surface area contributed by atoms with E-state index in [1.54, 1.807) is 0 Å². The van der Waals surface area contributed by atoms with E-state index in [2.05, 4.69) is 12.2 Å². The van der Waals surface area contributed by atoms with Crippen LogP contribution in [0.5, 0.6) is 0 Å². The fraction of sp³-hybridized carbons (Fsp3) is 0.800. The standard InChI is InChI=1S/C15H22O2/c1-15(2,3)14(16)17-13-8-9-7-12(13)11-6-4-5-10(9)11/h4,6,9-13H,5,7-8H2,1-3H3/t9-,10+,11+,12-,13-/m1/s1. The minimum absolute atomic E-state index is 0.0337. The lowest BCUT2D eigenvalue weighted by Gasteiger charge is -2.32. The smallest absolute Gasteiger partial charge is 0.311 e. The molecule has 3 aliphatic carbocycles. The molecule has 2 fully saturated rings. The van der Waals surface area contributed by atoms with E-state index >= 15 is 0 Å². The van der Waals surface area contributed by atoms with Crippen LogP contribution in [0.25, 0.3) is 0 Å². The van der Waals surface area contributed by atoms with Crippen LogP contribution in [0.4, 0.5) is 0 Å². The molecule has 0 amide bonds. The molecule has 0 aromatic heterocycles. The van der Waals surface area contributed by atoms with Gasteiger partial charge < -0.3 is 4.74 Å². The number of hydrogen-bond donors (Lipinski definition) is 0. The quantitative estimate of drug-likeness (QED) is 0.514. The SMILES string of the molecule is CC(C)(C)C(=O)O[C@@H]1C[C@H]2C[C@@H]1[C@H]1C=CC[C@@H]21. The lowest BCUT2D eigenvalue weighted by molar-refractivity contribution is -0.162. The van der Waals surface area contributed by atoms with Crippen molar-refractivity contribution in [2.45, 2.75) is 46.1 Å². The molecule has 0 spiro atoms. The van der Waals surface area contributed by atoms with Crippen LogP contribution in [0, 0.1) is 29.1 Å². The largest absolute Gasteiger partial charge is 0.462 e. The summed E-state index contributed by atoms with van der Waals surface area (Å²) in [6.45, 7) is 5.79. The molecule has 3 aliphatic rings. The molecule has 2 saturated carbocycles. The summed E-state index contributed by atoms with van der Waals surface area (Å²) in [6, 6.07) is 0. The summed E-state index contributed by atoms with van der Waals surface area (Å²) >= 11 is 0. The van der Waals surface area contributed by atoms with Crippen molar-refractivity contribution >= 4 is 5.97 Å². The molecule has 0 aliphatic heterocycles. The Balaban J connectivity index is 1.68. The van der Waals surface area contributed by atoms with Gasteiger partial charge in [-0.2, -0.15) is 0 Å². The van der Waals surface area contributed by atoms with E-state index in [1.165, 1.54) is 12.8 Å². The first-order chi connectivity index (χ1) is 7.97. The summed E-state index contributed by atoms with van der Waals surface area (Å²) in [6.07, 6.45) is 8.52. The number of hydrogen-bond acceptors (Lipinski definition) is 2. The molecule has 0 aromatic rings. The van der Waals surface area contributed by atoms with Gasteiger partial charge in [0.05, 0.1) is 5.41 Å². The molecule has 2 bridgehead atoms. The third kappa shape index (κ3) is 1.73. The number of carbonyl (C=O) groups is 1. The van der Waals surface area contributed by atoms with Crippen LogP contribution in [0.2, 0.25) is 0 Å². The zero-order chi connectivity index (χ0) is 12.2. The van der Waals surface area contributed by atoms with Crippen molar-refractivity contribution in [3.63, 3.8) is 0 Å². The average molecular weight is 234 g/mol. The van der Waals surface area contributed by atoms with Crippen LogP contribution in [0.3, 0.4) is 0 Å². The van der Waals surface area contributed by atoms with Gasteiger partial charge >= 0.3 is 5.97 Å². The van der Waals surface area contributed by atoms with Gasteiger partial charge in [-0.05, 0) is 57.8 Å². The third-order valence-corrected chi connectivity index (χ3v) is 4.82. The van der Waals surface area contributed by atoms with Crippen LogP contribution in [-0.2, 0) is 9.53 Å². The molecule has 0 aromatic carbocycles. The minimum Gasteiger partial charge on any atom is -0.462 e. The van der Waals surface area contributed by atoms with Crippen molar-refractivity contribution in [2.24, 2.45) is 29.1 Å². The van der Waals surface area contributed by atoms with Crippen molar-refractivity contribution in [1.29, 1.82) is 0 Å². The zero-order valence-electron chi connectivity index (χ0n) is 11.0. The van der Waals surface area contributed by atoms with Gasteiger partial charge in [0.1, 0.15) is 6.10 Å². The third-order valence-electron chi connectivity index (χ3n) is 4.82. The summed E-state index contributed by atoms with van der Waals surface area (Å²) in [5.74, 6) is 2.94. The van der Waals surface area contributed by atoms with Crippen molar-refractivity contribution in [3.05, 3.63) is 12.2 Å². The van der Waals surface area contributed by atoms with E-state index in [1.807, 2.05) is 20.8 Å². The average Bonchev–Trinajstić information content (AvgIpc) is 2.85. The summed E-state index contributed by atoms with van der Waals surface area (Å²) in [5.41, 5.74) is -0.368. The molecular formula is C15H22O2. The zero-order valence-corrected chi connectivity index (χ0v) is 11.0. The fourth-order valence-corrected chi connectivity index (χ4v) is 3.93. The molecule has 0 radical (unpaired) electrons. The van der Waals surface area contributed by atoms with Crippen molar-refractivity contribution in [3.8, 4) is 0 Å². The van der Waals surface area contributed by atoms with Gasteiger partial charge in [0, 0.05) is 5.92 Å². The predicted octanol–water partition coefficient (Wildman–Crippen LogP) is 3.18. The van der Waals surface area contributed by atoms with E-state index in [0.717, 1.165) is 18.3 Å². The van der Waals surface area contributed by atoms with Crippen molar-refractivity contribution in [2.75, 3.05) is 0 Å². The van der Waals surface area contributed by atoms with E-state index in [0.29, 0.717) is 11.8 Å². The number of rotatable bonds is 1. The number of fused-ring (bicyclic) bond motifs is 5. The summed E-state index contributed by atoms with van der Waals surface area (Å²) in [7, 11) is 0. The number of carbonyl (C=O) groups excluding carboxylic acids is 1. The molecule has 3 rings (SSSR count). The highest BCUT2D eigenvalue weighted by atomic mass is 16.5. The van der Waals surface area contributed by atoms with Gasteiger partial charge in [-0.25, -0.2) is 0 Å². The van der Waals surface area contributed by atoms with Gasteiger partial charge in [-0.3, -0.25) is 4.79 Å². The maximum absolute atomic E-state index is 11.9. The number of esters is 1. The lowest BCUT2D eigenvalue weighted by Crippen LogP contribution is -2.35. The Labute approximate surface area is 103 Å². The van der Waals surface area contributed by atoms with Gasteiger partial charge in [0.2, 0.25) is 0 Å². The summed E-state index contributed by atoms with van der Waals surface area (Å²) < 4.78 is 5.75. The normalized spacial score (nSPS) is 42.9. The second-order valence-corrected chi connectivity index (χ2v) is 6.99. The Morgan fingerprint density at radius 1 is 1.24 bits per heavy atom. The van der Waals surface area contributed by atoms with Gasteiger partial charge in [0.15, 0.2) is 0 Å². The Bertz CT molecular complexity index is 364. The molecule has 2 heteroatoms. The minimum atomic E-state index is -0.368. The monoisotopic (exact) mass is 234 g/mol. The van der Waals surface area contributed by atoms with Crippen molar-refractivity contribution in [1.82, 2.24) is 0 Å². The van der Waals surface area contributed by atoms with Crippen LogP contribution < -0.4 is 0 Å². The maximum atomic E-state index is 11.9. The first-order valence-corrected chi connectivity index (χ1v) is 6.84. The summed E-state index contributed by atoms with van der Waals surface area (Å²) in [5, 5.41) is 0. The van der Waals surface area contributed by atoms with E-state index in [4.69, 9.17) is 4.74 Å². The Morgan fingerprint density at radius 2 is 2.00 bits per heavy atom. The van der Waals surface area contributed by atoms with Crippen LogP contribution in [0.15, 0.2) is 12.2 Å². The topological polar surface area (TPSA) is 26.3 Å². The Morgan fingerprint density at radius 3 is 2.71 bits per heavy atom. The predicted molar refractivity (Wildman–Crippen MR) is 66.3 cm³/mol. The van der Waals surface area contributed by atoms with Crippen LogP contribution in [0.1, 0.15) is 40.0 Å². The molecule has 5 atom stereocenters. The molecule has 0 unspecified atom stereocenters. The molecule has 0 N–H and O–H groups in total. The Hall–Kier alpha value is -0.790. The van der Waals surface area contributed by atoms with Crippen LogP contribution >= 0.6 is 0 Å². The van der Waals surface area contributed by atoms with Gasteiger partial charge in [-0.1, -0.05) is 12.2 Å². The van der Waals surface area contributed by atoms with Gasteiger partial charge in [0.25, 0.3) is 0 Å². The highest BCUT2D eigenvalue weighted by Gasteiger charge is 2.54. The maximum Gasteiger partial charge on any atom is 0.311 e. The highest BCUT2D eigenvalue weighted by Crippen LogP contribution is 2.57. The first kappa shape index (κ1) is 11.3. The molecule has 17 heavy (non-hydrogen) atoms. The fourth-order valence-electron chi connectivity index (χ4n) is 3.93. The Kier molecular flexibility index (Phi) is 2.39. The first-order valence-electron chi connectivity index (χ1n) is 6.84. The molecule has 0 saturated heterocycles. The number of ether oxygens (including phenoxy) is 1. The second kappa shape index (κ2) is 3.60. The van der Waals surface area contributed by atoms with E-state index < -0.39 is 0 Å². The summed E-state index contributed by atoms with van der Waals surface area (Å²) in [4.78, 5) is 11.9. The molecular weight excluding hydrogens is 212 g/mol. The van der Waals surface area contributed by atoms with Crippen LogP contribution in [-0.4, -0.2) is 12.1 Å². The second-order valence-electron chi connectivity index (χ2n) is 6.99. The van der Waals surface area contributed by atoms with E-state index in [-0.39, 0.29) is 17.5 Å². The van der Waals surface area contributed by atoms with E-state index in [9.17, 15) is 4.79 Å². The highest BCUT2D eigenvalue weighted by molar-refractivity contribution is 5.75. The number of allylic oxidation sites excluding steroid dienone is 2. The molecule has 94 valence electrons. The lowest BCUT2D eigenvalue weighted by atomic mass is 9.80. The van der Waals surface area contributed by atoms with Crippen molar-refractivity contribution < 1.29 is 9.53 Å². The van der Waals surface area contributed by atoms with Gasteiger partial charge in [-0.15, -0.1) is 0 Å². The molecule has 2 nitrogen and oxygen atoms in total.